The Labute approximate surface area is 164 Å². The Morgan fingerprint density at radius 1 is 1.26 bits per heavy atom. The highest BCUT2D eigenvalue weighted by Gasteiger charge is 2.23. The third-order valence-electron chi connectivity index (χ3n) is 4.75. The first-order chi connectivity index (χ1) is 13.1. The molecule has 0 saturated carbocycles. The van der Waals surface area contributed by atoms with Gasteiger partial charge in [-0.3, -0.25) is 9.36 Å². The van der Waals surface area contributed by atoms with E-state index in [0.717, 1.165) is 35.6 Å². The molecule has 0 saturated heterocycles. The van der Waals surface area contributed by atoms with E-state index in [4.69, 9.17) is 21.3 Å². The first-order valence-corrected chi connectivity index (χ1v) is 9.55. The fourth-order valence-corrected chi connectivity index (χ4v) is 3.57. The molecule has 27 heavy (non-hydrogen) atoms. The summed E-state index contributed by atoms with van der Waals surface area (Å²) in [5.41, 5.74) is 2.42. The largest absolute Gasteiger partial charge is 0.379 e. The van der Waals surface area contributed by atoms with Crippen LogP contribution in [0, 0.1) is 6.92 Å². The van der Waals surface area contributed by atoms with E-state index in [-0.39, 0.29) is 11.6 Å². The smallest absolute Gasteiger partial charge is 0.266 e. The molecule has 1 heterocycles. The van der Waals surface area contributed by atoms with Crippen molar-refractivity contribution in [2.45, 2.75) is 26.3 Å². The SMILES string of the molecule is CC[C@H]([NH2+]CCOC)c1nc2ccccc2c(=O)n1-c1ccc(Cl)cc1C. The average Bonchev–Trinajstić information content (AvgIpc) is 2.66. The second-order valence-electron chi connectivity index (χ2n) is 6.59. The van der Waals surface area contributed by atoms with Crippen LogP contribution in [0.3, 0.4) is 0 Å². The maximum atomic E-state index is 13.4. The monoisotopic (exact) mass is 386 g/mol. The lowest BCUT2D eigenvalue weighted by Crippen LogP contribution is -2.86. The number of rotatable bonds is 7. The molecule has 1 aromatic heterocycles. The number of halogens is 1. The van der Waals surface area contributed by atoms with E-state index in [0.29, 0.717) is 17.0 Å². The van der Waals surface area contributed by atoms with Crippen LogP contribution in [0.5, 0.6) is 0 Å². The van der Waals surface area contributed by atoms with Crippen LogP contribution in [0.2, 0.25) is 5.02 Å². The number of para-hydroxylation sites is 1. The van der Waals surface area contributed by atoms with Gasteiger partial charge in [0.2, 0.25) is 0 Å². The van der Waals surface area contributed by atoms with Gasteiger partial charge in [-0.05, 0) is 42.8 Å². The third kappa shape index (κ3) is 4.05. The number of aromatic nitrogens is 2. The molecular weight excluding hydrogens is 362 g/mol. The first kappa shape index (κ1) is 19.5. The van der Waals surface area contributed by atoms with Crippen molar-refractivity contribution in [3.8, 4) is 5.69 Å². The topological polar surface area (TPSA) is 60.7 Å². The summed E-state index contributed by atoms with van der Waals surface area (Å²) in [5, 5.41) is 3.45. The Balaban J connectivity index is 2.25. The predicted molar refractivity (Wildman–Crippen MR) is 109 cm³/mol. The number of methoxy groups -OCH3 is 1. The van der Waals surface area contributed by atoms with E-state index in [9.17, 15) is 4.79 Å². The van der Waals surface area contributed by atoms with E-state index >= 15 is 0 Å². The van der Waals surface area contributed by atoms with Gasteiger partial charge in [0.15, 0.2) is 5.82 Å². The summed E-state index contributed by atoms with van der Waals surface area (Å²) in [7, 11) is 1.69. The Morgan fingerprint density at radius 3 is 2.74 bits per heavy atom. The lowest BCUT2D eigenvalue weighted by molar-refractivity contribution is -0.698. The predicted octanol–water partition coefficient (Wildman–Crippen LogP) is 3.01. The number of hydrogen-bond acceptors (Lipinski definition) is 3. The molecule has 0 bridgehead atoms. The Morgan fingerprint density at radius 2 is 2.04 bits per heavy atom. The van der Waals surface area contributed by atoms with Crippen LogP contribution in [0.4, 0.5) is 0 Å². The third-order valence-corrected chi connectivity index (χ3v) is 4.98. The summed E-state index contributed by atoms with van der Waals surface area (Å²) in [5.74, 6) is 0.753. The van der Waals surface area contributed by atoms with Crippen molar-refractivity contribution < 1.29 is 10.1 Å². The summed E-state index contributed by atoms with van der Waals surface area (Å²) in [6, 6.07) is 13.1. The van der Waals surface area contributed by atoms with E-state index < -0.39 is 0 Å². The molecule has 0 radical (unpaired) electrons. The van der Waals surface area contributed by atoms with Crippen LogP contribution in [-0.4, -0.2) is 29.8 Å². The average molecular weight is 387 g/mol. The minimum atomic E-state index is -0.0559. The number of fused-ring (bicyclic) bond motifs is 1. The molecule has 0 amide bonds. The number of quaternary nitrogens is 1. The van der Waals surface area contributed by atoms with Crippen molar-refractivity contribution in [3.05, 3.63) is 69.2 Å². The van der Waals surface area contributed by atoms with E-state index in [2.05, 4.69) is 12.2 Å². The summed E-state index contributed by atoms with van der Waals surface area (Å²) in [6.45, 7) is 5.52. The fourth-order valence-electron chi connectivity index (χ4n) is 3.34. The first-order valence-electron chi connectivity index (χ1n) is 9.17. The molecule has 142 valence electrons. The molecule has 0 aliphatic rings. The van der Waals surface area contributed by atoms with Crippen molar-refractivity contribution in [2.24, 2.45) is 0 Å². The normalized spacial score (nSPS) is 12.4. The van der Waals surface area contributed by atoms with E-state index in [1.165, 1.54) is 0 Å². The zero-order valence-electron chi connectivity index (χ0n) is 15.9. The molecule has 2 N–H and O–H groups in total. The van der Waals surface area contributed by atoms with E-state index in [1.807, 2.05) is 49.4 Å². The van der Waals surface area contributed by atoms with Crippen LogP contribution in [0.25, 0.3) is 16.6 Å². The highest BCUT2D eigenvalue weighted by atomic mass is 35.5. The van der Waals surface area contributed by atoms with Gasteiger partial charge in [0, 0.05) is 18.6 Å². The Kier molecular flexibility index (Phi) is 6.26. The van der Waals surface area contributed by atoms with Crippen LogP contribution < -0.4 is 10.9 Å². The second-order valence-corrected chi connectivity index (χ2v) is 7.03. The van der Waals surface area contributed by atoms with Gasteiger partial charge in [-0.2, -0.15) is 0 Å². The van der Waals surface area contributed by atoms with Crippen LogP contribution in [0.1, 0.15) is 30.8 Å². The maximum absolute atomic E-state index is 13.4. The number of ether oxygens (including phenoxy) is 1. The number of aryl methyl sites for hydroxylation is 1. The molecule has 0 aliphatic carbocycles. The number of nitrogens with zero attached hydrogens (tertiary/aromatic N) is 2. The van der Waals surface area contributed by atoms with Gasteiger partial charge >= 0.3 is 0 Å². The molecule has 0 fully saturated rings. The molecule has 5 nitrogen and oxygen atoms in total. The van der Waals surface area contributed by atoms with Gasteiger partial charge < -0.3 is 10.1 Å². The molecular formula is C21H25ClN3O2+. The van der Waals surface area contributed by atoms with Crippen LogP contribution >= 0.6 is 11.6 Å². The van der Waals surface area contributed by atoms with Gasteiger partial charge in [0.25, 0.3) is 5.56 Å². The Bertz CT molecular complexity index is 1000. The molecule has 1 atom stereocenters. The molecule has 3 aromatic rings. The van der Waals surface area contributed by atoms with Gasteiger partial charge in [-0.1, -0.05) is 30.7 Å². The van der Waals surface area contributed by atoms with E-state index in [1.54, 1.807) is 11.7 Å². The highest BCUT2D eigenvalue weighted by molar-refractivity contribution is 6.30. The summed E-state index contributed by atoms with van der Waals surface area (Å²) in [4.78, 5) is 18.3. The van der Waals surface area contributed by atoms with Crippen molar-refractivity contribution in [3.63, 3.8) is 0 Å². The quantitative estimate of drug-likeness (QED) is 0.635. The van der Waals surface area contributed by atoms with Gasteiger partial charge in [-0.25, -0.2) is 4.98 Å². The van der Waals surface area contributed by atoms with Crippen molar-refractivity contribution in [2.75, 3.05) is 20.3 Å². The zero-order chi connectivity index (χ0) is 19.4. The fraction of sp³-hybridized carbons (Fsp3) is 0.333. The maximum Gasteiger partial charge on any atom is 0.266 e. The molecule has 3 rings (SSSR count). The molecule has 0 unspecified atom stereocenters. The second kappa shape index (κ2) is 8.65. The number of hydrogen-bond donors (Lipinski definition) is 1. The highest BCUT2D eigenvalue weighted by Crippen LogP contribution is 2.22. The van der Waals surface area contributed by atoms with Crippen molar-refractivity contribution >= 4 is 22.5 Å². The van der Waals surface area contributed by atoms with Gasteiger partial charge in [-0.15, -0.1) is 0 Å². The molecule has 6 heteroatoms. The minimum absolute atomic E-state index is 0.0486. The van der Waals surface area contributed by atoms with Crippen molar-refractivity contribution in [1.82, 2.24) is 9.55 Å². The lowest BCUT2D eigenvalue weighted by Gasteiger charge is -2.20. The number of nitrogens with two attached hydrogens (primary N) is 1. The molecule has 2 aromatic carbocycles. The lowest BCUT2D eigenvalue weighted by atomic mass is 10.1. The Hall–Kier alpha value is -2.21. The zero-order valence-corrected chi connectivity index (χ0v) is 16.7. The summed E-state index contributed by atoms with van der Waals surface area (Å²) >= 11 is 6.13. The molecule has 0 aliphatic heterocycles. The summed E-state index contributed by atoms with van der Waals surface area (Å²) in [6.07, 6.45) is 0.848. The summed E-state index contributed by atoms with van der Waals surface area (Å²) < 4.78 is 6.92. The minimum Gasteiger partial charge on any atom is -0.379 e. The number of benzene rings is 2. The van der Waals surface area contributed by atoms with Crippen LogP contribution in [0.15, 0.2) is 47.3 Å². The van der Waals surface area contributed by atoms with Gasteiger partial charge in [0.05, 0.1) is 29.7 Å². The van der Waals surface area contributed by atoms with Gasteiger partial charge in [0.1, 0.15) is 6.04 Å². The van der Waals surface area contributed by atoms with Crippen molar-refractivity contribution in [1.29, 1.82) is 0 Å². The van der Waals surface area contributed by atoms with Crippen LogP contribution in [-0.2, 0) is 4.74 Å². The standard InChI is InChI=1S/C21H24ClN3O2/c1-4-17(23-11-12-27-3)20-24-18-8-6-5-7-16(18)21(26)25(20)19-10-9-15(22)13-14(19)2/h5-10,13,17,23H,4,11-12H2,1-3H3/p+1/t17-/m0/s1. The molecule has 0 spiro atoms.